The van der Waals surface area contributed by atoms with Crippen molar-refractivity contribution in [1.29, 1.82) is 0 Å². The van der Waals surface area contributed by atoms with Gasteiger partial charge in [-0.3, -0.25) is 0 Å². The fourth-order valence-corrected chi connectivity index (χ4v) is 7.89. The fraction of sp³-hybridized carbons (Fsp3) is 0.692. The Balaban J connectivity index is 0.000000180. The van der Waals surface area contributed by atoms with Crippen molar-refractivity contribution in [3.63, 3.8) is 0 Å². The summed E-state index contributed by atoms with van der Waals surface area (Å²) < 4.78 is 31.2. The van der Waals surface area contributed by atoms with Crippen LogP contribution in [0.4, 0.5) is 0 Å². The van der Waals surface area contributed by atoms with E-state index < -0.39 is 10.1 Å². The molecule has 4 aliphatic rings. The van der Waals surface area contributed by atoms with E-state index in [0.717, 1.165) is 42.1 Å². The normalized spacial score (nSPS) is 41.4. The maximum atomic E-state index is 10.4. The van der Waals surface area contributed by atoms with Crippen molar-refractivity contribution in [2.24, 2.45) is 34.5 Å². The molecule has 0 aromatic heterocycles. The molecule has 0 amide bonds. The minimum Gasteiger partial charge on any atom is -0.744 e. The molecule has 0 spiro atoms. The van der Waals surface area contributed by atoms with Crippen LogP contribution >= 0.6 is 0 Å². The molecule has 1 aromatic carbocycles. The average molecular weight is 446 g/mol. The molecule has 5 rings (SSSR count). The number of aliphatic hydroxyl groups is 1. The van der Waals surface area contributed by atoms with Crippen LogP contribution in [-0.4, -0.2) is 24.2 Å². The van der Waals surface area contributed by atoms with Gasteiger partial charge in [0.1, 0.15) is 10.1 Å². The molecule has 0 saturated heterocycles. The Morgan fingerprint density at radius 1 is 1.00 bits per heavy atom. The van der Waals surface area contributed by atoms with Gasteiger partial charge in [-0.15, -0.1) is 0 Å². The largest absolute Gasteiger partial charge is 0.744 e. The molecule has 4 aliphatic carbocycles. The lowest BCUT2D eigenvalue weighted by atomic mass is 9.45. The summed E-state index contributed by atoms with van der Waals surface area (Å²) in [6, 6.07) is 5.78. The van der Waals surface area contributed by atoms with Crippen LogP contribution < -0.4 is 0 Å². The molecule has 172 valence electrons. The van der Waals surface area contributed by atoms with E-state index in [-0.39, 0.29) is 11.0 Å². The second-order valence-corrected chi connectivity index (χ2v) is 12.4. The summed E-state index contributed by atoms with van der Waals surface area (Å²) in [5.74, 6) is 3.61. The molecule has 7 atom stereocenters. The molecule has 0 bridgehead atoms. The second-order valence-electron chi connectivity index (χ2n) is 11.0. The Bertz CT molecular complexity index is 921. The maximum absolute atomic E-state index is 10.4. The third-order valence-electron chi connectivity index (χ3n) is 9.27. The number of hydrogen-bond donors (Lipinski definition) is 1. The molecule has 0 unspecified atom stereocenters. The first-order valence-electron chi connectivity index (χ1n) is 11.9. The van der Waals surface area contributed by atoms with Gasteiger partial charge in [0.15, 0.2) is 0 Å². The predicted octanol–water partition coefficient (Wildman–Crippen LogP) is 5.46. The third kappa shape index (κ3) is 4.38. The molecule has 1 aromatic rings. The zero-order valence-corrected chi connectivity index (χ0v) is 19.9. The van der Waals surface area contributed by atoms with Gasteiger partial charge >= 0.3 is 0 Å². The zero-order chi connectivity index (χ0) is 22.4. The summed E-state index contributed by atoms with van der Waals surface area (Å²) in [5, 5.41) is 10.0. The van der Waals surface area contributed by atoms with Gasteiger partial charge in [0, 0.05) is 0 Å². The minimum atomic E-state index is -4.27. The van der Waals surface area contributed by atoms with Crippen LogP contribution in [0.5, 0.6) is 0 Å². The summed E-state index contributed by atoms with van der Waals surface area (Å²) in [5.41, 5.74) is 1.97. The molecule has 1 N–H and O–H groups in total. The second kappa shape index (κ2) is 8.31. The first-order valence-corrected chi connectivity index (χ1v) is 13.3. The number of fused-ring (bicyclic) bond motifs is 5. The number of aryl methyl sites for hydroxylation is 1. The van der Waals surface area contributed by atoms with Gasteiger partial charge < -0.3 is 9.66 Å². The third-order valence-corrected chi connectivity index (χ3v) is 10.1. The van der Waals surface area contributed by atoms with E-state index in [9.17, 15) is 18.1 Å². The fourth-order valence-electron chi connectivity index (χ4n) is 7.42. The first-order chi connectivity index (χ1) is 14.5. The highest BCUT2D eigenvalue weighted by Crippen LogP contribution is 2.64. The number of rotatable bonds is 1. The average Bonchev–Trinajstić information content (AvgIpc) is 3.10. The Labute approximate surface area is 187 Å². The zero-order valence-electron chi connectivity index (χ0n) is 19.1. The Morgan fingerprint density at radius 2 is 1.71 bits per heavy atom. The number of aliphatic hydroxyl groups excluding tert-OH is 1. The smallest absolute Gasteiger partial charge is 0.124 e. The van der Waals surface area contributed by atoms with E-state index in [2.05, 4.69) is 26.0 Å². The monoisotopic (exact) mass is 445 g/mol. The number of allylic oxidation sites excluding steroid dienone is 2. The lowest BCUT2D eigenvalue weighted by molar-refractivity contribution is -0.116. The molecule has 3 saturated carbocycles. The van der Waals surface area contributed by atoms with Gasteiger partial charge in [0.2, 0.25) is 0 Å². The standard InChI is InChI=1S/C19H30O.C7H8O3S/c1-18-9-3-4-16(18)15-6-5-13-12-14(20)7-11-19(13,2)17(15)8-10-18;1-6-2-4-7(5-3-6)11(8,9)10/h3,9,13-17,20H,4-8,10-12H2,1-2H3;2-5H,1H3,(H,8,9,10)/p-1/t13-,14-,15-,16-,17-,18-,19-;/m0./s1. The van der Waals surface area contributed by atoms with E-state index in [1.807, 2.05) is 6.92 Å². The molecule has 4 nitrogen and oxygen atoms in total. The number of benzene rings is 1. The minimum absolute atomic E-state index is 0.00775. The Kier molecular flexibility index (Phi) is 6.17. The topological polar surface area (TPSA) is 77.4 Å². The highest BCUT2D eigenvalue weighted by Gasteiger charge is 2.56. The molecule has 0 heterocycles. The summed E-state index contributed by atoms with van der Waals surface area (Å²) >= 11 is 0. The van der Waals surface area contributed by atoms with Crippen LogP contribution in [-0.2, 0) is 10.1 Å². The molecule has 5 heteroatoms. The molecule has 31 heavy (non-hydrogen) atoms. The Hall–Kier alpha value is -1.17. The van der Waals surface area contributed by atoms with Crippen molar-refractivity contribution in [1.82, 2.24) is 0 Å². The molecule has 0 aliphatic heterocycles. The lowest BCUT2D eigenvalue weighted by Crippen LogP contribution is -2.53. The lowest BCUT2D eigenvalue weighted by Gasteiger charge is -2.60. The SMILES string of the molecule is C[C@]12CC[C@H](O)C[C@@H]1CC[C@@H]1[C@@H]2CC[C@]2(C)C=CC[C@@H]12.Cc1ccc(S(=O)(=O)[O-])cc1. The van der Waals surface area contributed by atoms with Crippen LogP contribution in [0.25, 0.3) is 0 Å². The molecular weight excluding hydrogens is 408 g/mol. The molecule has 3 fully saturated rings. The predicted molar refractivity (Wildman–Crippen MR) is 121 cm³/mol. The van der Waals surface area contributed by atoms with Crippen molar-refractivity contribution >= 4 is 10.1 Å². The molecular formula is C26H37O4S-. The highest BCUT2D eigenvalue weighted by molar-refractivity contribution is 7.85. The van der Waals surface area contributed by atoms with Gasteiger partial charge in [0.05, 0.1) is 11.0 Å². The number of hydrogen-bond acceptors (Lipinski definition) is 4. The molecule has 0 radical (unpaired) electrons. The van der Waals surface area contributed by atoms with Gasteiger partial charge in [-0.1, -0.05) is 43.7 Å². The van der Waals surface area contributed by atoms with Crippen molar-refractivity contribution < 1.29 is 18.1 Å². The van der Waals surface area contributed by atoms with Crippen molar-refractivity contribution in [3.8, 4) is 0 Å². The van der Waals surface area contributed by atoms with E-state index in [4.69, 9.17) is 0 Å². The summed E-state index contributed by atoms with van der Waals surface area (Å²) in [7, 11) is -4.27. The van der Waals surface area contributed by atoms with Gasteiger partial charge in [-0.2, -0.15) is 0 Å². The van der Waals surface area contributed by atoms with Crippen molar-refractivity contribution in [3.05, 3.63) is 42.0 Å². The van der Waals surface area contributed by atoms with Crippen LogP contribution in [0, 0.1) is 41.4 Å². The van der Waals surface area contributed by atoms with E-state index in [1.165, 1.54) is 50.7 Å². The van der Waals surface area contributed by atoms with Crippen LogP contribution in [0.3, 0.4) is 0 Å². The summed E-state index contributed by atoms with van der Waals surface area (Å²) in [6.45, 7) is 6.91. The summed E-state index contributed by atoms with van der Waals surface area (Å²) in [4.78, 5) is -0.178. The first kappa shape index (κ1) is 23.0. The van der Waals surface area contributed by atoms with Crippen LogP contribution in [0.2, 0.25) is 0 Å². The van der Waals surface area contributed by atoms with E-state index in [1.54, 1.807) is 12.1 Å². The van der Waals surface area contributed by atoms with Crippen molar-refractivity contribution in [2.75, 3.05) is 0 Å². The van der Waals surface area contributed by atoms with E-state index in [0.29, 0.717) is 10.8 Å². The summed E-state index contributed by atoms with van der Waals surface area (Å²) in [6.07, 6.45) is 15.4. The van der Waals surface area contributed by atoms with E-state index >= 15 is 0 Å². The van der Waals surface area contributed by atoms with Gasteiger partial charge in [0.25, 0.3) is 0 Å². The van der Waals surface area contributed by atoms with Gasteiger partial charge in [-0.25, -0.2) is 8.42 Å². The quantitative estimate of drug-likeness (QED) is 0.460. The van der Waals surface area contributed by atoms with Crippen LogP contribution in [0.15, 0.2) is 41.3 Å². The highest BCUT2D eigenvalue weighted by atomic mass is 32.2. The Morgan fingerprint density at radius 3 is 2.39 bits per heavy atom. The maximum Gasteiger partial charge on any atom is 0.124 e. The van der Waals surface area contributed by atoms with Crippen LogP contribution in [0.1, 0.15) is 70.8 Å². The van der Waals surface area contributed by atoms with Crippen molar-refractivity contribution in [2.45, 2.75) is 83.1 Å². The van der Waals surface area contributed by atoms with Gasteiger partial charge in [-0.05, 0) is 105 Å².